The molecule has 0 saturated heterocycles. The van der Waals surface area contributed by atoms with E-state index in [9.17, 15) is 14.9 Å². The van der Waals surface area contributed by atoms with Gasteiger partial charge in [-0.05, 0) is 49.7 Å². The number of nitrogens with one attached hydrogen (secondary N) is 1. The summed E-state index contributed by atoms with van der Waals surface area (Å²) in [7, 11) is 0. The number of aryl methyl sites for hydroxylation is 2. The molecule has 0 aliphatic rings. The molecule has 0 aliphatic carbocycles. The molecule has 0 bridgehead atoms. The molecule has 0 atom stereocenters. The normalized spacial score (nSPS) is 10.2. The van der Waals surface area contributed by atoms with Crippen LogP contribution in [0.25, 0.3) is 0 Å². The predicted octanol–water partition coefficient (Wildman–Crippen LogP) is 3.88. The third-order valence-electron chi connectivity index (χ3n) is 3.20. The fourth-order valence-corrected chi connectivity index (χ4v) is 2.25. The number of hydrogen-bond donors (Lipinski definition) is 1. The first-order chi connectivity index (χ1) is 10.9. The molecule has 120 valence electrons. The second-order valence-electron chi connectivity index (χ2n) is 5.00. The first-order valence-electron chi connectivity index (χ1n) is 6.80. The Morgan fingerprint density at radius 2 is 1.96 bits per heavy atom. The maximum Gasteiger partial charge on any atom is 0.272 e. The summed E-state index contributed by atoms with van der Waals surface area (Å²) in [6.45, 7) is 3.25. The van der Waals surface area contributed by atoms with Gasteiger partial charge in [0.25, 0.3) is 11.6 Å². The van der Waals surface area contributed by atoms with Crippen molar-refractivity contribution in [3.05, 3.63) is 62.7 Å². The van der Waals surface area contributed by atoms with E-state index in [1.165, 1.54) is 18.2 Å². The van der Waals surface area contributed by atoms with Gasteiger partial charge in [0.2, 0.25) is 0 Å². The van der Waals surface area contributed by atoms with Crippen LogP contribution in [0.3, 0.4) is 0 Å². The molecule has 0 aliphatic heterocycles. The Hall–Kier alpha value is -2.60. The molecule has 0 radical (unpaired) electrons. The number of ether oxygens (including phenoxy) is 1. The largest absolute Gasteiger partial charge is 0.484 e. The minimum absolute atomic E-state index is 0.0126. The van der Waals surface area contributed by atoms with Crippen LogP contribution in [0.2, 0.25) is 5.02 Å². The van der Waals surface area contributed by atoms with Crippen LogP contribution in [0.5, 0.6) is 5.75 Å². The topological polar surface area (TPSA) is 81.5 Å². The maximum atomic E-state index is 11.9. The van der Waals surface area contributed by atoms with E-state index in [1.807, 2.05) is 6.92 Å². The summed E-state index contributed by atoms with van der Waals surface area (Å²) in [5.41, 5.74) is 1.99. The predicted molar refractivity (Wildman–Crippen MR) is 88.1 cm³/mol. The molecule has 1 N–H and O–H groups in total. The average molecular weight is 335 g/mol. The lowest BCUT2D eigenvalue weighted by molar-refractivity contribution is -0.385. The van der Waals surface area contributed by atoms with Crippen molar-refractivity contribution in [1.29, 1.82) is 0 Å². The van der Waals surface area contributed by atoms with Crippen molar-refractivity contribution in [1.82, 2.24) is 0 Å². The number of rotatable bonds is 5. The van der Waals surface area contributed by atoms with Gasteiger partial charge in [-0.15, -0.1) is 0 Å². The number of nitrogens with zero attached hydrogens (tertiary/aromatic N) is 1. The number of halogens is 1. The van der Waals surface area contributed by atoms with Crippen molar-refractivity contribution in [3.63, 3.8) is 0 Å². The Morgan fingerprint density at radius 3 is 2.57 bits per heavy atom. The summed E-state index contributed by atoms with van der Waals surface area (Å²) in [5.74, 6) is 0.0718. The van der Waals surface area contributed by atoms with Gasteiger partial charge in [-0.1, -0.05) is 11.6 Å². The lowest BCUT2D eigenvalue weighted by Gasteiger charge is -2.10. The second kappa shape index (κ2) is 7.11. The first kappa shape index (κ1) is 16.8. The average Bonchev–Trinajstić information content (AvgIpc) is 2.48. The third kappa shape index (κ3) is 4.43. The summed E-state index contributed by atoms with van der Waals surface area (Å²) < 4.78 is 5.36. The summed E-state index contributed by atoms with van der Waals surface area (Å²) in [6.07, 6.45) is 0. The molecule has 0 spiro atoms. The third-order valence-corrected chi connectivity index (χ3v) is 3.43. The van der Waals surface area contributed by atoms with Gasteiger partial charge in [0, 0.05) is 22.3 Å². The lowest BCUT2D eigenvalue weighted by atomic mass is 10.2. The summed E-state index contributed by atoms with van der Waals surface area (Å²) in [4.78, 5) is 22.2. The molecule has 2 aromatic carbocycles. The van der Waals surface area contributed by atoms with Crippen LogP contribution in [-0.4, -0.2) is 17.4 Å². The molecule has 1 amide bonds. The molecule has 7 heteroatoms. The highest BCUT2D eigenvalue weighted by Crippen LogP contribution is 2.23. The fourth-order valence-electron chi connectivity index (χ4n) is 2.03. The van der Waals surface area contributed by atoms with E-state index in [0.717, 1.165) is 5.56 Å². The van der Waals surface area contributed by atoms with Gasteiger partial charge in [0.05, 0.1) is 4.92 Å². The van der Waals surface area contributed by atoms with Crippen LogP contribution in [0.15, 0.2) is 36.4 Å². The minimum Gasteiger partial charge on any atom is -0.484 e. The van der Waals surface area contributed by atoms with Gasteiger partial charge in [-0.25, -0.2) is 0 Å². The Labute approximate surface area is 138 Å². The van der Waals surface area contributed by atoms with Crippen LogP contribution < -0.4 is 10.1 Å². The van der Waals surface area contributed by atoms with Crippen LogP contribution in [0.1, 0.15) is 11.1 Å². The minimum atomic E-state index is -0.463. The molecule has 2 rings (SSSR count). The van der Waals surface area contributed by atoms with Gasteiger partial charge >= 0.3 is 0 Å². The van der Waals surface area contributed by atoms with Crippen LogP contribution in [0.4, 0.5) is 11.4 Å². The highest BCUT2D eigenvalue weighted by molar-refractivity contribution is 6.30. The number of nitro benzene ring substituents is 1. The van der Waals surface area contributed by atoms with E-state index >= 15 is 0 Å². The fraction of sp³-hybridized carbons (Fsp3) is 0.188. The number of anilines is 1. The molecule has 0 unspecified atom stereocenters. The lowest BCUT2D eigenvalue weighted by Crippen LogP contribution is -2.20. The number of benzene rings is 2. The van der Waals surface area contributed by atoms with E-state index in [1.54, 1.807) is 25.1 Å². The Kier molecular flexibility index (Phi) is 5.18. The number of hydrogen-bond acceptors (Lipinski definition) is 4. The van der Waals surface area contributed by atoms with Crippen molar-refractivity contribution in [2.75, 3.05) is 11.9 Å². The molecule has 0 fully saturated rings. The molecule has 6 nitrogen and oxygen atoms in total. The van der Waals surface area contributed by atoms with Gasteiger partial charge < -0.3 is 10.1 Å². The number of carbonyl (C=O) groups excluding carboxylic acids is 1. The molecular weight excluding hydrogens is 320 g/mol. The van der Waals surface area contributed by atoms with Crippen LogP contribution in [0, 0.1) is 24.0 Å². The zero-order valence-electron chi connectivity index (χ0n) is 12.6. The van der Waals surface area contributed by atoms with E-state index in [0.29, 0.717) is 22.0 Å². The van der Waals surface area contributed by atoms with Crippen LogP contribution >= 0.6 is 11.6 Å². The molecule has 0 saturated carbocycles. The number of carbonyl (C=O) groups is 1. The summed E-state index contributed by atoms with van der Waals surface area (Å²) >= 11 is 5.86. The zero-order valence-corrected chi connectivity index (χ0v) is 13.4. The molecule has 0 aromatic heterocycles. The molecule has 23 heavy (non-hydrogen) atoms. The Morgan fingerprint density at radius 1 is 1.22 bits per heavy atom. The second-order valence-corrected chi connectivity index (χ2v) is 5.44. The van der Waals surface area contributed by atoms with Crippen molar-refractivity contribution in [2.45, 2.75) is 13.8 Å². The summed E-state index contributed by atoms with van der Waals surface area (Å²) in [5, 5.41) is 14.1. The number of amides is 1. The maximum absolute atomic E-state index is 11.9. The molecular formula is C16H15ClN2O4. The monoisotopic (exact) mass is 334 g/mol. The van der Waals surface area contributed by atoms with E-state index < -0.39 is 4.92 Å². The SMILES string of the molecule is Cc1cc(Cl)ccc1NC(=O)COc1ccc([N+](=O)[O-])c(C)c1. The highest BCUT2D eigenvalue weighted by atomic mass is 35.5. The molecule has 2 aromatic rings. The van der Waals surface area contributed by atoms with Gasteiger partial charge in [0.15, 0.2) is 6.61 Å². The summed E-state index contributed by atoms with van der Waals surface area (Å²) in [6, 6.07) is 9.49. The van der Waals surface area contributed by atoms with Gasteiger partial charge in [0.1, 0.15) is 5.75 Å². The standard InChI is InChI=1S/C16H15ClN2O4/c1-10-7-12(17)3-5-14(10)18-16(20)9-23-13-4-6-15(19(21)22)11(2)8-13/h3-8H,9H2,1-2H3,(H,18,20). The van der Waals surface area contributed by atoms with E-state index in [-0.39, 0.29) is 18.2 Å². The van der Waals surface area contributed by atoms with Crippen molar-refractivity contribution >= 4 is 28.9 Å². The molecule has 0 heterocycles. The van der Waals surface area contributed by atoms with Crippen molar-refractivity contribution in [2.24, 2.45) is 0 Å². The van der Waals surface area contributed by atoms with E-state index in [4.69, 9.17) is 16.3 Å². The van der Waals surface area contributed by atoms with Gasteiger partial charge in [-0.3, -0.25) is 14.9 Å². The quantitative estimate of drug-likeness (QED) is 0.664. The van der Waals surface area contributed by atoms with Crippen molar-refractivity contribution < 1.29 is 14.5 Å². The Balaban J connectivity index is 1.96. The first-order valence-corrected chi connectivity index (χ1v) is 7.18. The van der Waals surface area contributed by atoms with Gasteiger partial charge in [-0.2, -0.15) is 0 Å². The smallest absolute Gasteiger partial charge is 0.272 e. The van der Waals surface area contributed by atoms with Crippen LogP contribution in [-0.2, 0) is 4.79 Å². The number of nitro groups is 1. The Bertz CT molecular complexity index is 762. The highest BCUT2D eigenvalue weighted by Gasteiger charge is 2.12. The zero-order chi connectivity index (χ0) is 17.0. The van der Waals surface area contributed by atoms with E-state index in [2.05, 4.69) is 5.32 Å². The van der Waals surface area contributed by atoms with Crippen molar-refractivity contribution in [3.8, 4) is 5.75 Å².